The Morgan fingerprint density at radius 3 is 2.73 bits per heavy atom. The van der Waals surface area contributed by atoms with Crippen LogP contribution in [0.25, 0.3) is 11.4 Å². The summed E-state index contributed by atoms with van der Waals surface area (Å²) in [4.78, 5) is 8.25. The molecule has 15 heavy (non-hydrogen) atoms. The molecule has 1 heterocycles. The van der Waals surface area contributed by atoms with E-state index in [9.17, 15) is 4.39 Å². The second-order valence-corrected chi connectivity index (χ2v) is 3.56. The summed E-state index contributed by atoms with van der Waals surface area (Å²) < 4.78 is 13.2. The second-order valence-electron chi connectivity index (χ2n) is 3.15. The average molecular weight is 223 g/mol. The Hall–Kier alpha value is -1.48. The molecule has 0 atom stereocenters. The van der Waals surface area contributed by atoms with E-state index in [1.165, 1.54) is 12.1 Å². The lowest BCUT2D eigenvalue weighted by Gasteiger charge is -2.01. The molecule has 4 heteroatoms. The second kappa shape index (κ2) is 3.95. The highest BCUT2D eigenvalue weighted by molar-refractivity contribution is 6.30. The third-order valence-corrected chi connectivity index (χ3v) is 2.28. The quantitative estimate of drug-likeness (QED) is 0.740. The van der Waals surface area contributed by atoms with Crippen molar-refractivity contribution >= 4 is 11.6 Å². The van der Waals surface area contributed by atoms with Gasteiger partial charge < -0.3 is 0 Å². The van der Waals surface area contributed by atoms with Crippen LogP contribution < -0.4 is 0 Å². The zero-order valence-corrected chi connectivity index (χ0v) is 8.79. The van der Waals surface area contributed by atoms with E-state index >= 15 is 0 Å². The molecule has 2 rings (SSSR count). The first kappa shape index (κ1) is 10.1. The van der Waals surface area contributed by atoms with Crippen molar-refractivity contribution in [3.63, 3.8) is 0 Å². The van der Waals surface area contributed by atoms with Gasteiger partial charge in [0.25, 0.3) is 0 Å². The summed E-state index contributed by atoms with van der Waals surface area (Å²) in [5.74, 6) is 0.0461. The summed E-state index contributed by atoms with van der Waals surface area (Å²) in [6, 6.07) is 6.31. The maximum Gasteiger partial charge on any atom is 0.159 e. The van der Waals surface area contributed by atoms with Gasteiger partial charge in [0.05, 0.1) is 5.02 Å². The molecule has 0 radical (unpaired) electrons. The van der Waals surface area contributed by atoms with Crippen LogP contribution >= 0.6 is 11.6 Å². The van der Waals surface area contributed by atoms with E-state index < -0.39 is 5.82 Å². The third-order valence-electron chi connectivity index (χ3n) is 1.97. The lowest BCUT2D eigenvalue weighted by atomic mass is 10.2. The molecule has 1 aromatic heterocycles. The Kier molecular flexibility index (Phi) is 2.64. The van der Waals surface area contributed by atoms with Crippen LogP contribution in [0.1, 0.15) is 5.69 Å². The highest BCUT2D eigenvalue weighted by Crippen LogP contribution is 2.21. The molecular weight excluding hydrogens is 215 g/mol. The molecule has 0 saturated heterocycles. The van der Waals surface area contributed by atoms with Crippen molar-refractivity contribution in [1.29, 1.82) is 0 Å². The first-order chi connectivity index (χ1) is 7.16. The van der Waals surface area contributed by atoms with Crippen LogP contribution in [0.5, 0.6) is 0 Å². The van der Waals surface area contributed by atoms with Crippen LogP contribution in [0, 0.1) is 12.7 Å². The molecule has 0 spiro atoms. The van der Waals surface area contributed by atoms with Crippen LogP contribution in [-0.4, -0.2) is 9.97 Å². The van der Waals surface area contributed by atoms with Gasteiger partial charge in [-0.05, 0) is 31.2 Å². The molecule has 0 amide bonds. The number of halogens is 2. The number of rotatable bonds is 1. The molecule has 0 aliphatic heterocycles. The molecular formula is C11H8ClFN2. The minimum Gasteiger partial charge on any atom is -0.237 e. The van der Waals surface area contributed by atoms with E-state index in [0.29, 0.717) is 11.4 Å². The first-order valence-corrected chi connectivity index (χ1v) is 4.79. The van der Waals surface area contributed by atoms with Crippen molar-refractivity contribution in [2.45, 2.75) is 6.92 Å². The zero-order chi connectivity index (χ0) is 10.8. The number of hydrogen-bond donors (Lipinski definition) is 0. The fraction of sp³-hybridized carbons (Fsp3) is 0.0909. The van der Waals surface area contributed by atoms with Crippen LogP contribution in [-0.2, 0) is 0 Å². The molecule has 0 aliphatic rings. The maximum absolute atomic E-state index is 13.2. The third kappa shape index (κ3) is 2.13. The van der Waals surface area contributed by atoms with Crippen molar-refractivity contribution in [3.8, 4) is 11.4 Å². The summed E-state index contributed by atoms with van der Waals surface area (Å²) in [6.45, 7) is 1.86. The molecule has 0 saturated carbocycles. The van der Waals surface area contributed by atoms with Crippen molar-refractivity contribution in [2.24, 2.45) is 0 Å². The van der Waals surface area contributed by atoms with Crippen LogP contribution in [0.3, 0.4) is 0 Å². The highest BCUT2D eigenvalue weighted by Gasteiger charge is 2.05. The van der Waals surface area contributed by atoms with Gasteiger partial charge in [-0.25, -0.2) is 14.4 Å². The number of nitrogens with zero attached hydrogens (tertiary/aromatic N) is 2. The number of hydrogen-bond acceptors (Lipinski definition) is 2. The van der Waals surface area contributed by atoms with Gasteiger partial charge in [-0.3, -0.25) is 0 Å². The van der Waals surface area contributed by atoms with Crippen LogP contribution in [0.4, 0.5) is 4.39 Å². The van der Waals surface area contributed by atoms with E-state index in [1.54, 1.807) is 18.3 Å². The number of aromatic nitrogens is 2. The van der Waals surface area contributed by atoms with Gasteiger partial charge in [-0.1, -0.05) is 11.6 Å². The van der Waals surface area contributed by atoms with Gasteiger partial charge in [-0.2, -0.15) is 0 Å². The van der Waals surface area contributed by atoms with Gasteiger partial charge in [0, 0.05) is 17.5 Å². The van der Waals surface area contributed by atoms with Crippen molar-refractivity contribution in [2.75, 3.05) is 0 Å². The van der Waals surface area contributed by atoms with Crippen molar-refractivity contribution in [1.82, 2.24) is 9.97 Å². The van der Waals surface area contributed by atoms with Crippen molar-refractivity contribution < 1.29 is 4.39 Å². The Morgan fingerprint density at radius 2 is 2.07 bits per heavy atom. The molecule has 0 fully saturated rings. The lowest BCUT2D eigenvalue weighted by molar-refractivity contribution is 0.628. The molecule has 0 unspecified atom stereocenters. The summed E-state index contributed by atoms with van der Waals surface area (Å²) in [7, 11) is 0. The van der Waals surface area contributed by atoms with E-state index in [1.807, 2.05) is 6.92 Å². The van der Waals surface area contributed by atoms with Gasteiger partial charge in [-0.15, -0.1) is 0 Å². The average Bonchev–Trinajstić information content (AvgIpc) is 2.22. The predicted octanol–water partition coefficient (Wildman–Crippen LogP) is 3.24. The summed E-state index contributed by atoms with van der Waals surface area (Å²) in [5.41, 5.74) is 1.47. The molecule has 76 valence electrons. The van der Waals surface area contributed by atoms with Crippen LogP contribution in [0.2, 0.25) is 5.02 Å². The largest absolute Gasteiger partial charge is 0.237 e. The topological polar surface area (TPSA) is 25.8 Å². The first-order valence-electron chi connectivity index (χ1n) is 4.42. The fourth-order valence-electron chi connectivity index (χ4n) is 1.22. The molecule has 0 bridgehead atoms. The standard InChI is InChI=1S/C11H8ClFN2/c1-7-4-5-14-11(15-7)8-2-3-9(12)10(13)6-8/h2-6H,1H3. The molecule has 2 aromatic rings. The number of aryl methyl sites for hydroxylation is 1. The lowest BCUT2D eigenvalue weighted by Crippen LogP contribution is -1.91. The SMILES string of the molecule is Cc1ccnc(-c2ccc(Cl)c(F)c2)n1. The van der Waals surface area contributed by atoms with Crippen molar-refractivity contribution in [3.05, 3.63) is 47.0 Å². The van der Waals surface area contributed by atoms with E-state index in [0.717, 1.165) is 5.69 Å². The monoisotopic (exact) mass is 222 g/mol. The Morgan fingerprint density at radius 1 is 1.27 bits per heavy atom. The summed E-state index contributed by atoms with van der Waals surface area (Å²) in [6.07, 6.45) is 1.64. The molecule has 2 nitrogen and oxygen atoms in total. The zero-order valence-electron chi connectivity index (χ0n) is 8.04. The highest BCUT2D eigenvalue weighted by atomic mass is 35.5. The molecule has 1 aromatic carbocycles. The van der Waals surface area contributed by atoms with E-state index in [-0.39, 0.29) is 5.02 Å². The minimum absolute atomic E-state index is 0.103. The normalized spacial score (nSPS) is 10.3. The van der Waals surface area contributed by atoms with Gasteiger partial charge in [0.1, 0.15) is 5.82 Å². The summed E-state index contributed by atoms with van der Waals surface area (Å²) >= 11 is 5.58. The fourth-order valence-corrected chi connectivity index (χ4v) is 1.34. The Balaban J connectivity index is 2.50. The Labute approximate surface area is 91.8 Å². The predicted molar refractivity (Wildman–Crippen MR) is 57.2 cm³/mol. The maximum atomic E-state index is 13.2. The smallest absolute Gasteiger partial charge is 0.159 e. The molecule has 0 N–H and O–H groups in total. The van der Waals surface area contributed by atoms with E-state index in [4.69, 9.17) is 11.6 Å². The van der Waals surface area contributed by atoms with Crippen LogP contribution in [0.15, 0.2) is 30.5 Å². The summed E-state index contributed by atoms with van der Waals surface area (Å²) in [5, 5.41) is 0.103. The number of benzene rings is 1. The van der Waals surface area contributed by atoms with Gasteiger partial charge in [0.2, 0.25) is 0 Å². The van der Waals surface area contributed by atoms with Gasteiger partial charge >= 0.3 is 0 Å². The minimum atomic E-state index is -0.459. The Bertz CT molecular complexity index is 500. The van der Waals surface area contributed by atoms with Gasteiger partial charge in [0.15, 0.2) is 5.82 Å². The molecule has 0 aliphatic carbocycles. The van der Waals surface area contributed by atoms with E-state index in [2.05, 4.69) is 9.97 Å².